The molecule has 3 aromatic rings. The van der Waals surface area contributed by atoms with Crippen molar-refractivity contribution in [3.8, 4) is 11.5 Å². The van der Waals surface area contributed by atoms with Crippen molar-refractivity contribution >= 4 is 57.4 Å². The first-order valence-electron chi connectivity index (χ1n) is 12.4. The van der Waals surface area contributed by atoms with E-state index in [9.17, 15) is 14.0 Å². The Hall–Kier alpha value is -3.63. The molecule has 3 heterocycles. The molecule has 204 valence electrons. The van der Waals surface area contributed by atoms with Gasteiger partial charge >= 0.3 is 0 Å². The predicted octanol–water partition coefficient (Wildman–Crippen LogP) is 5.03. The number of ether oxygens (including phenoxy) is 2. The number of likely N-dealkylation sites (N-methyl/N-ethyl adjacent to an activating group) is 1. The molecule has 1 aromatic heterocycles. The highest BCUT2D eigenvalue weighted by molar-refractivity contribution is 6.42. The van der Waals surface area contributed by atoms with Crippen LogP contribution in [0.2, 0.25) is 10.0 Å². The lowest BCUT2D eigenvalue weighted by Gasteiger charge is -2.38. The molecule has 0 aliphatic carbocycles. The van der Waals surface area contributed by atoms with Crippen LogP contribution in [-0.4, -0.2) is 58.5 Å². The maximum atomic E-state index is 14.8. The minimum atomic E-state index is -0.714. The van der Waals surface area contributed by atoms with Crippen molar-refractivity contribution in [2.24, 2.45) is 0 Å². The van der Waals surface area contributed by atoms with Crippen LogP contribution in [0, 0.1) is 5.82 Å². The fraction of sp³-hybridized carbons (Fsp3) is 0.333. The average molecular weight is 574 g/mol. The Morgan fingerprint density at radius 3 is 2.62 bits per heavy atom. The molecular weight excluding hydrogens is 548 g/mol. The van der Waals surface area contributed by atoms with Gasteiger partial charge in [-0.1, -0.05) is 29.8 Å². The van der Waals surface area contributed by atoms with Crippen molar-refractivity contribution in [2.75, 3.05) is 19.0 Å². The third kappa shape index (κ3) is 5.44. The molecule has 2 aliphatic rings. The van der Waals surface area contributed by atoms with Crippen molar-refractivity contribution in [2.45, 2.75) is 43.9 Å². The van der Waals surface area contributed by atoms with Gasteiger partial charge in [0.15, 0.2) is 23.9 Å². The third-order valence-corrected chi connectivity index (χ3v) is 7.82. The van der Waals surface area contributed by atoms with E-state index in [1.54, 1.807) is 12.1 Å². The Bertz CT molecular complexity index is 1440. The van der Waals surface area contributed by atoms with Crippen molar-refractivity contribution < 1.29 is 23.5 Å². The zero-order valence-corrected chi connectivity index (χ0v) is 22.6. The van der Waals surface area contributed by atoms with E-state index in [0.29, 0.717) is 41.1 Å². The Balaban J connectivity index is 1.48. The van der Waals surface area contributed by atoms with Crippen LogP contribution in [0.5, 0.6) is 11.5 Å². The second-order valence-corrected chi connectivity index (χ2v) is 10.2. The molecule has 2 aromatic carbocycles. The highest BCUT2D eigenvalue weighted by Gasteiger charge is 2.43. The number of nitrogens with one attached hydrogen (secondary N) is 2. The van der Waals surface area contributed by atoms with Crippen molar-refractivity contribution in [1.29, 1.82) is 0 Å². The number of anilines is 2. The quantitative estimate of drug-likeness (QED) is 0.287. The number of benzene rings is 2. The van der Waals surface area contributed by atoms with Gasteiger partial charge in [0, 0.05) is 43.4 Å². The standard InChI is InChI=1S/C27H26Cl2FN5O4/c1-3-24(37)35-14-4-5-15(35)9-16(8-14)39-22-10-17-20(11-21(22)38-12-23(36)31-2)32-13-33-27(17)34-19-7-6-18(28)25(29)26(19)30/h3,6-7,10-11,13-16H,1,4-5,8-9,12H2,2H3,(H,31,36)(H,32,33,34)/t14-,15?,16?/m0/s1. The summed E-state index contributed by atoms with van der Waals surface area (Å²) in [5, 5.41) is 5.91. The van der Waals surface area contributed by atoms with Crippen LogP contribution in [0.3, 0.4) is 0 Å². The van der Waals surface area contributed by atoms with Crippen molar-refractivity contribution in [3.63, 3.8) is 0 Å². The highest BCUT2D eigenvalue weighted by Crippen LogP contribution is 2.41. The largest absolute Gasteiger partial charge is 0.486 e. The number of carbonyl (C=O) groups is 2. The molecule has 2 amide bonds. The average Bonchev–Trinajstić information content (AvgIpc) is 3.21. The molecule has 2 unspecified atom stereocenters. The fourth-order valence-corrected chi connectivity index (χ4v) is 5.51. The number of hydrogen-bond acceptors (Lipinski definition) is 7. The molecule has 2 aliphatic heterocycles. The second-order valence-electron chi connectivity index (χ2n) is 9.39. The zero-order chi connectivity index (χ0) is 27.7. The van der Waals surface area contributed by atoms with Gasteiger partial charge in [-0.3, -0.25) is 9.59 Å². The summed E-state index contributed by atoms with van der Waals surface area (Å²) in [4.78, 5) is 34.8. The number of amides is 2. The molecule has 0 saturated carbocycles. The maximum absolute atomic E-state index is 14.8. The third-order valence-electron chi connectivity index (χ3n) is 7.04. The summed E-state index contributed by atoms with van der Waals surface area (Å²) >= 11 is 11.9. The predicted molar refractivity (Wildman–Crippen MR) is 146 cm³/mol. The van der Waals surface area contributed by atoms with Gasteiger partial charge in [0.05, 0.1) is 21.2 Å². The number of rotatable bonds is 8. The smallest absolute Gasteiger partial charge is 0.257 e. The molecule has 0 radical (unpaired) electrons. The number of fused-ring (bicyclic) bond motifs is 3. The van der Waals surface area contributed by atoms with E-state index < -0.39 is 5.82 Å². The minimum absolute atomic E-state index is 0.0631. The number of nitrogens with zero attached hydrogens (tertiary/aromatic N) is 3. The van der Waals surface area contributed by atoms with Crippen LogP contribution in [0.15, 0.2) is 43.2 Å². The number of carbonyl (C=O) groups excluding carboxylic acids is 2. The summed E-state index contributed by atoms with van der Waals surface area (Å²) < 4.78 is 27.0. The molecule has 0 spiro atoms. The summed E-state index contributed by atoms with van der Waals surface area (Å²) in [6.07, 6.45) is 5.59. The fourth-order valence-electron chi connectivity index (χ4n) is 5.20. The first-order chi connectivity index (χ1) is 18.8. The molecule has 2 bridgehead atoms. The van der Waals surface area contributed by atoms with E-state index in [1.807, 2.05) is 4.90 Å². The van der Waals surface area contributed by atoms with Crippen LogP contribution in [0.25, 0.3) is 10.9 Å². The molecule has 2 fully saturated rings. The first kappa shape index (κ1) is 27.0. The van der Waals surface area contributed by atoms with Crippen LogP contribution in [0.1, 0.15) is 25.7 Å². The van der Waals surface area contributed by atoms with E-state index in [2.05, 4.69) is 27.2 Å². The summed E-state index contributed by atoms with van der Waals surface area (Å²) in [6.45, 7) is 3.41. The molecule has 39 heavy (non-hydrogen) atoms. The van der Waals surface area contributed by atoms with Crippen LogP contribution >= 0.6 is 23.2 Å². The van der Waals surface area contributed by atoms with Gasteiger partial charge < -0.3 is 25.0 Å². The van der Waals surface area contributed by atoms with E-state index in [-0.39, 0.29) is 52.3 Å². The van der Waals surface area contributed by atoms with Crippen LogP contribution < -0.4 is 20.1 Å². The highest BCUT2D eigenvalue weighted by atomic mass is 35.5. The Kier molecular flexibility index (Phi) is 7.76. The van der Waals surface area contributed by atoms with Gasteiger partial charge in [-0.15, -0.1) is 0 Å². The van der Waals surface area contributed by atoms with Gasteiger partial charge in [0.1, 0.15) is 18.2 Å². The topological polar surface area (TPSA) is 106 Å². The summed E-state index contributed by atoms with van der Waals surface area (Å²) in [7, 11) is 1.52. The van der Waals surface area contributed by atoms with Crippen LogP contribution in [0.4, 0.5) is 15.9 Å². The molecule has 2 saturated heterocycles. The zero-order valence-electron chi connectivity index (χ0n) is 21.0. The molecule has 5 rings (SSSR count). The summed E-state index contributed by atoms with van der Waals surface area (Å²) in [6, 6.07) is 6.42. The second kappa shape index (κ2) is 11.2. The van der Waals surface area contributed by atoms with E-state index in [1.165, 1.54) is 31.6 Å². The lowest BCUT2D eigenvalue weighted by atomic mass is 9.99. The van der Waals surface area contributed by atoms with Gasteiger partial charge in [0.2, 0.25) is 5.91 Å². The van der Waals surface area contributed by atoms with Gasteiger partial charge in [-0.25, -0.2) is 14.4 Å². The normalized spacial score (nSPS) is 20.0. The molecule has 2 N–H and O–H groups in total. The minimum Gasteiger partial charge on any atom is -0.486 e. The number of hydrogen-bond donors (Lipinski definition) is 2. The molecular formula is C27H26Cl2FN5O4. The number of piperidine rings is 1. The lowest BCUT2D eigenvalue weighted by molar-refractivity contribution is -0.131. The number of halogens is 3. The summed E-state index contributed by atoms with van der Waals surface area (Å²) in [5.74, 6) is -0.0694. The van der Waals surface area contributed by atoms with Gasteiger partial charge in [0.25, 0.3) is 5.91 Å². The Labute approximate surface area is 234 Å². The van der Waals surface area contributed by atoms with Gasteiger partial charge in [-0.05, 0) is 37.1 Å². The molecule has 12 heteroatoms. The van der Waals surface area contributed by atoms with E-state index in [4.69, 9.17) is 32.7 Å². The van der Waals surface area contributed by atoms with E-state index >= 15 is 0 Å². The first-order valence-corrected chi connectivity index (χ1v) is 13.2. The van der Waals surface area contributed by atoms with E-state index in [0.717, 1.165) is 12.8 Å². The number of aromatic nitrogens is 2. The van der Waals surface area contributed by atoms with Crippen molar-refractivity contribution in [3.05, 3.63) is 59.1 Å². The van der Waals surface area contributed by atoms with Crippen LogP contribution in [-0.2, 0) is 9.59 Å². The Morgan fingerprint density at radius 1 is 1.18 bits per heavy atom. The monoisotopic (exact) mass is 573 g/mol. The van der Waals surface area contributed by atoms with Gasteiger partial charge in [-0.2, -0.15) is 0 Å². The SMILES string of the molecule is C=CC(=O)N1C2CC[C@H]1CC(Oc1cc3c(Nc4ccc(Cl)c(Cl)c4F)ncnc3cc1OCC(=O)NC)C2. The molecule has 3 atom stereocenters. The lowest BCUT2D eigenvalue weighted by Crippen LogP contribution is -2.48. The maximum Gasteiger partial charge on any atom is 0.257 e. The van der Waals surface area contributed by atoms with Crippen molar-refractivity contribution in [1.82, 2.24) is 20.2 Å². The summed E-state index contributed by atoms with van der Waals surface area (Å²) in [5.41, 5.74) is 0.571. The molecule has 9 nitrogen and oxygen atoms in total. The Morgan fingerprint density at radius 2 is 1.92 bits per heavy atom.